The zero-order valence-corrected chi connectivity index (χ0v) is 18.5. The van der Waals surface area contributed by atoms with Crippen molar-refractivity contribution in [2.45, 2.75) is 31.0 Å². The number of aromatic nitrogens is 2. The summed E-state index contributed by atoms with van der Waals surface area (Å²) in [5.74, 6) is 0.202. The van der Waals surface area contributed by atoms with E-state index >= 15 is 0 Å². The van der Waals surface area contributed by atoms with Crippen LogP contribution >= 0.6 is 0 Å². The van der Waals surface area contributed by atoms with Gasteiger partial charge in [0.15, 0.2) is 0 Å². The van der Waals surface area contributed by atoms with Crippen LogP contribution in [0.1, 0.15) is 24.0 Å². The molecular formula is C24H24F3N3O4. The van der Waals surface area contributed by atoms with Crippen molar-refractivity contribution in [2.24, 2.45) is 0 Å². The number of hydrogen-bond acceptors (Lipinski definition) is 7. The molecule has 1 aromatic heterocycles. The molecular weight excluding hydrogens is 451 g/mol. The SMILES string of the molecule is CN(CCO)CC1(CC=O)CCc2c(-c3noc(-c4ccc(OC(F)(F)F)cc4)n3)cccc21. The standard InChI is InChI=1S/C24H24F3N3O4/c1-30(12-14-32)15-23(11-13-31)10-9-18-19(3-2-4-20(18)23)21-28-22(34-29-21)16-5-7-17(8-6-16)33-24(25,26)27/h2-8,13,32H,9-12,14-15H2,1H3. The van der Waals surface area contributed by atoms with Crippen molar-refractivity contribution in [1.29, 1.82) is 0 Å². The molecule has 0 spiro atoms. The normalized spacial score (nSPS) is 17.7. The first-order valence-corrected chi connectivity index (χ1v) is 10.8. The summed E-state index contributed by atoms with van der Waals surface area (Å²) >= 11 is 0. The van der Waals surface area contributed by atoms with Crippen LogP contribution < -0.4 is 4.74 Å². The van der Waals surface area contributed by atoms with Crippen LogP contribution in [0.5, 0.6) is 5.75 Å². The third-order valence-corrected chi connectivity index (χ3v) is 6.13. The third-order valence-electron chi connectivity index (χ3n) is 6.13. The Balaban J connectivity index is 1.62. The van der Waals surface area contributed by atoms with Gasteiger partial charge in [0.05, 0.1) is 6.61 Å². The lowest BCUT2D eigenvalue weighted by Crippen LogP contribution is -2.39. The van der Waals surface area contributed by atoms with E-state index in [2.05, 4.69) is 14.9 Å². The maximum Gasteiger partial charge on any atom is 0.573 e. The Bertz CT molecular complexity index is 1150. The van der Waals surface area contributed by atoms with E-state index in [1.54, 1.807) is 0 Å². The lowest BCUT2D eigenvalue weighted by Gasteiger charge is -2.33. The maximum atomic E-state index is 12.4. The van der Waals surface area contributed by atoms with E-state index in [-0.39, 0.29) is 23.7 Å². The molecule has 0 saturated carbocycles. The number of nitrogens with zero attached hydrogens (tertiary/aromatic N) is 3. The smallest absolute Gasteiger partial charge is 0.406 e. The number of alkyl halides is 3. The number of halogens is 3. The highest BCUT2D eigenvalue weighted by molar-refractivity contribution is 5.68. The van der Waals surface area contributed by atoms with Gasteiger partial charge in [-0.2, -0.15) is 4.98 Å². The minimum absolute atomic E-state index is 0.0372. The molecule has 0 bridgehead atoms. The van der Waals surface area contributed by atoms with Gasteiger partial charge in [-0.25, -0.2) is 0 Å². The van der Waals surface area contributed by atoms with Crippen LogP contribution in [-0.2, 0) is 16.6 Å². The second-order valence-corrected chi connectivity index (χ2v) is 8.44. The van der Waals surface area contributed by atoms with Gasteiger partial charge in [0.25, 0.3) is 5.89 Å². The van der Waals surface area contributed by atoms with Crippen LogP contribution in [0.25, 0.3) is 22.8 Å². The molecule has 0 saturated heterocycles. The molecule has 1 aliphatic carbocycles. The summed E-state index contributed by atoms with van der Waals surface area (Å²) in [5.41, 5.74) is 2.99. The number of carbonyl (C=O) groups excluding carboxylic acids is 1. The van der Waals surface area contributed by atoms with Gasteiger partial charge in [-0.1, -0.05) is 23.4 Å². The molecule has 1 heterocycles. The number of fused-ring (bicyclic) bond motifs is 1. The van der Waals surface area contributed by atoms with Gasteiger partial charge in [0, 0.05) is 36.1 Å². The summed E-state index contributed by atoms with van der Waals surface area (Å²) in [6.07, 6.45) is -1.95. The largest absolute Gasteiger partial charge is 0.573 e. The Morgan fingerprint density at radius 3 is 2.68 bits per heavy atom. The predicted octanol–water partition coefficient (Wildman–Crippen LogP) is 4.00. The lowest BCUT2D eigenvalue weighted by atomic mass is 9.78. The summed E-state index contributed by atoms with van der Waals surface area (Å²) in [7, 11) is 1.92. The number of aliphatic hydroxyl groups is 1. The highest BCUT2D eigenvalue weighted by Gasteiger charge is 2.40. The van der Waals surface area contributed by atoms with Gasteiger partial charge in [0.1, 0.15) is 12.0 Å². The van der Waals surface area contributed by atoms with Crippen molar-refractivity contribution in [3.05, 3.63) is 53.6 Å². The average molecular weight is 475 g/mol. The number of hydrogen-bond donors (Lipinski definition) is 1. The van der Waals surface area contributed by atoms with E-state index in [0.29, 0.717) is 30.9 Å². The van der Waals surface area contributed by atoms with Gasteiger partial charge in [-0.05, 0) is 55.3 Å². The van der Waals surface area contributed by atoms with Crippen LogP contribution in [0, 0.1) is 0 Å². The lowest BCUT2D eigenvalue weighted by molar-refractivity contribution is -0.274. The van der Waals surface area contributed by atoms with Crippen LogP contribution in [0.4, 0.5) is 13.2 Å². The summed E-state index contributed by atoms with van der Waals surface area (Å²) in [6, 6.07) is 11.0. The molecule has 2 aromatic carbocycles. The second kappa shape index (κ2) is 9.55. The van der Waals surface area contributed by atoms with Gasteiger partial charge in [-0.15, -0.1) is 13.2 Å². The molecule has 0 aliphatic heterocycles. The first kappa shape index (κ1) is 23.9. The molecule has 1 unspecified atom stereocenters. The number of aliphatic hydroxyl groups excluding tert-OH is 1. The van der Waals surface area contributed by atoms with Gasteiger partial charge in [0.2, 0.25) is 5.82 Å². The van der Waals surface area contributed by atoms with Crippen LogP contribution in [0.2, 0.25) is 0 Å². The Morgan fingerprint density at radius 2 is 2.00 bits per heavy atom. The first-order chi connectivity index (χ1) is 16.2. The summed E-state index contributed by atoms with van der Waals surface area (Å²) in [6.45, 7) is 1.18. The molecule has 180 valence electrons. The number of aldehydes is 1. The number of likely N-dealkylation sites (N-methyl/N-ethyl adjacent to an activating group) is 1. The fourth-order valence-electron chi connectivity index (χ4n) is 4.68. The Morgan fingerprint density at radius 1 is 1.24 bits per heavy atom. The molecule has 7 nitrogen and oxygen atoms in total. The summed E-state index contributed by atoms with van der Waals surface area (Å²) in [4.78, 5) is 18.0. The van der Waals surface area contributed by atoms with Crippen molar-refractivity contribution >= 4 is 6.29 Å². The van der Waals surface area contributed by atoms with Crippen molar-refractivity contribution in [3.8, 4) is 28.6 Å². The highest BCUT2D eigenvalue weighted by Crippen LogP contribution is 2.45. The van der Waals surface area contributed by atoms with E-state index in [0.717, 1.165) is 35.8 Å². The summed E-state index contributed by atoms with van der Waals surface area (Å²) in [5, 5.41) is 13.4. The van der Waals surface area contributed by atoms with Gasteiger partial charge >= 0.3 is 6.36 Å². The van der Waals surface area contributed by atoms with Crippen LogP contribution in [0.3, 0.4) is 0 Å². The molecule has 0 fully saturated rings. The number of ether oxygens (including phenoxy) is 1. The van der Waals surface area contributed by atoms with Gasteiger partial charge in [-0.3, -0.25) is 0 Å². The van der Waals surface area contributed by atoms with Crippen LogP contribution in [0.15, 0.2) is 47.0 Å². The Hall–Kier alpha value is -3.24. The zero-order chi connectivity index (χ0) is 24.3. The van der Waals surface area contributed by atoms with E-state index < -0.39 is 6.36 Å². The van der Waals surface area contributed by atoms with Crippen molar-refractivity contribution in [3.63, 3.8) is 0 Å². The van der Waals surface area contributed by atoms with E-state index in [9.17, 15) is 23.1 Å². The molecule has 3 aromatic rings. The molecule has 4 rings (SSSR count). The maximum absolute atomic E-state index is 12.4. The minimum Gasteiger partial charge on any atom is -0.406 e. The van der Waals surface area contributed by atoms with Crippen LogP contribution in [-0.4, -0.2) is 59.5 Å². The average Bonchev–Trinajstić information content (AvgIpc) is 3.40. The zero-order valence-electron chi connectivity index (χ0n) is 18.5. The topological polar surface area (TPSA) is 88.7 Å². The fourth-order valence-corrected chi connectivity index (χ4v) is 4.68. The number of rotatable bonds is 9. The van der Waals surface area contributed by atoms with E-state index in [1.807, 2.05) is 30.1 Å². The fraction of sp³-hybridized carbons (Fsp3) is 0.375. The second-order valence-electron chi connectivity index (χ2n) is 8.44. The van der Waals surface area contributed by atoms with Gasteiger partial charge < -0.3 is 24.1 Å². The summed E-state index contributed by atoms with van der Waals surface area (Å²) < 4.78 is 46.4. The minimum atomic E-state index is -4.77. The van der Waals surface area contributed by atoms with E-state index in [4.69, 9.17) is 4.52 Å². The number of benzene rings is 2. The van der Waals surface area contributed by atoms with Crippen molar-refractivity contribution in [1.82, 2.24) is 15.0 Å². The molecule has 1 N–H and O–H groups in total. The Labute approximate surface area is 194 Å². The highest BCUT2D eigenvalue weighted by atomic mass is 19.4. The first-order valence-electron chi connectivity index (χ1n) is 10.8. The predicted molar refractivity (Wildman–Crippen MR) is 117 cm³/mol. The Kier molecular flexibility index (Phi) is 6.72. The number of carbonyl (C=O) groups is 1. The van der Waals surface area contributed by atoms with E-state index in [1.165, 1.54) is 24.3 Å². The molecule has 10 heteroatoms. The molecule has 0 radical (unpaired) electrons. The molecule has 1 atom stereocenters. The monoisotopic (exact) mass is 475 g/mol. The van der Waals surface area contributed by atoms with Crippen molar-refractivity contribution < 1.29 is 32.3 Å². The molecule has 0 amide bonds. The molecule has 34 heavy (non-hydrogen) atoms. The van der Waals surface area contributed by atoms with Crippen molar-refractivity contribution in [2.75, 3.05) is 26.7 Å². The third kappa shape index (κ3) is 4.97. The quantitative estimate of drug-likeness (QED) is 0.468. The molecule has 1 aliphatic rings.